The Kier molecular flexibility index (Phi) is 6.91. The van der Waals surface area contributed by atoms with Crippen molar-refractivity contribution >= 4 is 23.4 Å². The Bertz CT molecular complexity index is 1390. The highest BCUT2D eigenvalue weighted by molar-refractivity contribution is 7.12. The quantitative estimate of drug-likeness (QED) is 0.343. The van der Waals surface area contributed by atoms with E-state index in [-0.39, 0.29) is 61.9 Å². The van der Waals surface area contributed by atoms with E-state index < -0.39 is 28.5 Å². The predicted octanol–water partition coefficient (Wildman–Crippen LogP) is 6.43. The van der Waals surface area contributed by atoms with Gasteiger partial charge in [-0.3, -0.25) is 4.90 Å². The van der Waals surface area contributed by atoms with Crippen LogP contribution in [0.5, 0.6) is 11.5 Å². The number of carbonyl (C=O) groups is 1. The average molecular weight is 552 g/mol. The molecule has 0 bridgehead atoms. The number of carboxylic acids is 1. The molecule has 0 saturated carbocycles. The molecule has 3 heterocycles. The van der Waals surface area contributed by atoms with Gasteiger partial charge in [-0.05, 0) is 23.3 Å². The number of halogens is 5. The second-order valence-corrected chi connectivity index (χ2v) is 10.4. The molecule has 3 aromatic rings. The number of thiophene rings is 1. The van der Waals surface area contributed by atoms with Gasteiger partial charge in [0.2, 0.25) is 5.67 Å². The van der Waals surface area contributed by atoms with Crippen molar-refractivity contribution in [3.05, 3.63) is 75.2 Å². The van der Waals surface area contributed by atoms with E-state index in [0.29, 0.717) is 27.4 Å². The number of likely N-dealkylation sites (tertiary alicyclic amines) is 1. The Morgan fingerprint density at radius 1 is 1.18 bits per heavy atom. The molecule has 1 aromatic heterocycles. The van der Waals surface area contributed by atoms with E-state index >= 15 is 0 Å². The van der Waals surface area contributed by atoms with Crippen LogP contribution in [0.2, 0.25) is 0 Å². The zero-order chi connectivity index (χ0) is 27.1. The smallest absolute Gasteiger partial charge is 0.426 e. The minimum Gasteiger partial charge on any atom is -0.488 e. The van der Waals surface area contributed by atoms with E-state index in [1.165, 1.54) is 12.1 Å². The fraction of sp³-hybridized carbons (Fsp3) is 0.296. The lowest BCUT2D eigenvalue weighted by Crippen LogP contribution is -2.37. The van der Waals surface area contributed by atoms with E-state index in [4.69, 9.17) is 14.6 Å². The summed E-state index contributed by atoms with van der Waals surface area (Å²) in [5.74, 6) is -1.83. The zero-order valence-electron chi connectivity index (χ0n) is 19.9. The van der Waals surface area contributed by atoms with Crippen molar-refractivity contribution in [2.24, 2.45) is 0 Å². The van der Waals surface area contributed by atoms with Gasteiger partial charge in [0.05, 0.1) is 5.56 Å². The maximum atomic E-state index is 14.9. The van der Waals surface area contributed by atoms with Crippen molar-refractivity contribution < 1.29 is 41.3 Å². The third-order valence-electron chi connectivity index (χ3n) is 6.44. The van der Waals surface area contributed by atoms with Crippen molar-refractivity contribution in [2.45, 2.75) is 24.9 Å². The van der Waals surface area contributed by atoms with Crippen molar-refractivity contribution in [1.82, 2.24) is 4.90 Å². The zero-order valence-corrected chi connectivity index (χ0v) is 20.7. The summed E-state index contributed by atoms with van der Waals surface area (Å²) in [4.78, 5) is 12.4. The molecule has 38 heavy (non-hydrogen) atoms. The van der Waals surface area contributed by atoms with Gasteiger partial charge < -0.3 is 14.6 Å². The van der Waals surface area contributed by atoms with E-state index in [2.05, 4.69) is 0 Å². The molecule has 0 spiro atoms. The predicted molar refractivity (Wildman–Crippen MR) is 131 cm³/mol. The number of aliphatic carboxylic acids is 1. The first kappa shape index (κ1) is 26.2. The normalized spacial score (nSPS) is 19.6. The monoisotopic (exact) mass is 551 g/mol. The molecule has 1 saturated heterocycles. The van der Waals surface area contributed by atoms with Crippen LogP contribution >= 0.6 is 11.3 Å². The molecule has 0 radical (unpaired) electrons. The first-order chi connectivity index (χ1) is 18.0. The van der Waals surface area contributed by atoms with Crippen molar-refractivity contribution in [1.29, 1.82) is 0 Å². The van der Waals surface area contributed by atoms with Crippen LogP contribution in [0.3, 0.4) is 0 Å². The lowest BCUT2D eigenvalue weighted by molar-refractivity contribution is -0.149. The first-order valence-electron chi connectivity index (χ1n) is 11.7. The number of ether oxygens (including phenoxy) is 2. The first-order valence-corrected chi connectivity index (χ1v) is 12.5. The van der Waals surface area contributed by atoms with Crippen LogP contribution in [0, 0.1) is 5.82 Å². The second-order valence-electron chi connectivity index (χ2n) is 9.25. The maximum Gasteiger partial charge on any atom is 0.426 e. The van der Waals surface area contributed by atoms with Crippen LogP contribution in [0.25, 0.3) is 17.2 Å². The topological polar surface area (TPSA) is 59.0 Å². The number of fused-ring (bicyclic) bond motifs is 1. The largest absolute Gasteiger partial charge is 0.488 e. The summed E-state index contributed by atoms with van der Waals surface area (Å²) >= 11 is 0.578. The fourth-order valence-corrected chi connectivity index (χ4v) is 5.53. The molecule has 0 amide bonds. The van der Waals surface area contributed by atoms with Crippen LogP contribution in [0.4, 0.5) is 22.0 Å². The Morgan fingerprint density at radius 2 is 1.95 bits per heavy atom. The highest BCUT2D eigenvalue weighted by atomic mass is 32.1. The Balaban J connectivity index is 1.29. The molecule has 1 N–H and O–H groups in total. The Labute approximate surface area is 218 Å². The third-order valence-corrected chi connectivity index (χ3v) is 7.59. The minimum absolute atomic E-state index is 0.0608. The standard InChI is InChI=1S/C27H22F5NO4S/c28-22-9-18(36-14-19-11-20(17-4-2-1-3-5-17)24(38-19)27(30,31)32)10-23-21(22)8-16(13-37-23)12-33-7-6-26(29,15-33)25(34)35/h1-5,8-11H,6-7,12-15H2,(H,34,35). The molecule has 11 heteroatoms. The average Bonchev–Trinajstić information content (AvgIpc) is 3.48. The Hall–Kier alpha value is -3.44. The molecule has 1 fully saturated rings. The molecule has 0 aliphatic carbocycles. The number of hydrogen-bond acceptors (Lipinski definition) is 5. The lowest BCUT2D eigenvalue weighted by atomic mass is 10.1. The third kappa shape index (κ3) is 5.39. The van der Waals surface area contributed by atoms with Crippen LogP contribution < -0.4 is 9.47 Å². The summed E-state index contributed by atoms with van der Waals surface area (Å²) in [6, 6.07) is 12.3. The highest BCUT2D eigenvalue weighted by Crippen LogP contribution is 2.43. The van der Waals surface area contributed by atoms with Gasteiger partial charge in [-0.1, -0.05) is 30.3 Å². The van der Waals surface area contributed by atoms with Crippen molar-refractivity contribution in [3.63, 3.8) is 0 Å². The van der Waals surface area contributed by atoms with Crippen LogP contribution in [0.15, 0.2) is 54.1 Å². The molecule has 5 rings (SSSR count). The van der Waals surface area contributed by atoms with Crippen molar-refractivity contribution in [3.8, 4) is 22.6 Å². The summed E-state index contributed by atoms with van der Waals surface area (Å²) in [7, 11) is 0. The van der Waals surface area contributed by atoms with Crippen molar-refractivity contribution in [2.75, 3.05) is 26.2 Å². The summed E-state index contributed by atoms with van der Waals surface area (Å²) in [6.07, 6.45) is -3.07. The number of rotatable bonds is 7. The molecular weight excluding hydrogens is 529 g/mol. The van der Waals surface area contributed by atoms with Gasteiger partial charge in [-0.15, -0.1) is 11.3 Å². The van der Waals surface area contributed by atoms with Crippen LogP contribution in [0.1, 0.15) is 21.7 Å². The number of hydrogen-bond donors (Lipinski definition) is 1. The van der Waals surface area contributed by atoms with E-state index in [1.807, 2.05) is 0 Å². The van der Waals surface area contributed by atoms with Gasteiger partial charge in [-0.25, -0.2) is 13.6 Å². The van der Waals surface area contributed by atoms with Gasteiger partial charge in [0.25, 0.3) is 0 Å². The minimum atomic E-state index is -4.53. The summed E-state index contributed by atoms with van der Waals surface area (Å²) in [6.45, 7) is 0.141. The van der Waals surface area contributed by atoms with E-state index in [0.717, 1.165) is 6.07 Å². The summed E-state index contributed by atoms with van der Waals surface area (Å²) < 4.78 is 81.5. The van der Waals surface area contributed by atoms with Gasteiger partial charge in [0.1, 0.15) is 35.4 Å². The molecule has 200 valence electrons. The SMILES string of the molecule is O=C(O)C1(F)CCN(CC2=Cc3c(F)cc(OCc4cc(-c5ccccc5)c(C(F)(F)F)s4)cc3OC2)C1. The molecule has 1 atom stereocenters. The molecule has 2 aliphatic heterocycles. The summed E-state index contributed by atoms with van der Waals surface area (Å²) in [5, 5.41) is 9.06. The second kappa shape index (κ2) is 10.0. The molecule has 2 aliphatic rings. The van der Waals surface area contributed by atoms with Gasteiger partial charge in [-0.2, -0.15) is 13.2 Å². The van der Waals surface area contributed by atoms with E-state index in [1.54, 1.807) is 41.3 Å². The van der Waals surface area contributed by atoms with Crippen LogP contribution in [-0.2, 0) is 17.6 Å². The number of alkyl halides is 4. The number of benzene rings is 2. The Morgan fingerprint density at radius 3 is 2.63 bits per heavy atom. The van der Waals surface area contributed by atoms with Gasteiger partial charge >= 0.3 is 12.1 Å². The van der Waals surface area contributed by atoms with Gasteiger partial charge in [0.15, 0.2) is 0 Å². The van der Waals surface area contributed by atoms with Gasteiger partial charge in [0, 0.05) is 48.6 Å². The fourth-order valence-electron chi connectivity index (χ4n) is 4.57. The molecule has 5 nitrogen and oxygen atoms in total. The molecule has 1 unspecified atom stereocenters. The highest BCUT2D eigenvalue weighted by Gasteiger charge is 2.45. The molecular formula is C27H22F5NO4S. The lowest BCUT2D eigenvalue weighted by Gasteiger charge is -2.23. The maximum absolute atomic E-state index is 14.9. The number of nitrogens with zero attached hydrogens (tertiary/aromatic N) is 1. The van der Waals surface area contributed by atoms with Crippen LogP contribution in [-0.4, -0.2) is 47.9 Å². The van der Waals surface area contributed by atoms with E-state index in [9.17, 15) is 26.7 Å². The summed E-state index contributed by atoms with van der Waals surface area (Å²) in [5.41, 5.74) is -0.967. The molecule has 2 aromatic carbocycles. The number of carboxylic acid groups (broad SMARTS) is 1.